The average molecular weight is 726 g/mol. The first kappa shape index (κ1) is 37.2. The quantitative estimate of drug-likeness (QED) is 0.0589. The van der Waals surface area contributed by atoms with Crippen LogP contribution in [0.25, 0.3) is 10.9 Å². The van der Waals surface area contributed by atoms with Crippen LogP contribution >= 0.6 is 11.3 Å². The van der Waals surface area contributed by atoms with Crippen molar-refractivity contribution in [1.29, 1.82) is 0 Å². The number of likely N-dealkylation sites (tertiary alicyclic amines) is 1. The molecule has 0 aliphatic carbocycles. The lowest BCUT2D eigenvalue weighted by Gasteiger charge is -2.32. The Bertz CT molecular complexity index is 1940. The lowest BCUT2D eigenvalue weighted by molar-refractivity contribution is -0.163. The van der Waals surface area contributed by atoms with E-state index in [0.29, 0.717) is 52.4 Å². The third kappa shape index (κ3) is 9.28. The number of nitrogens with one attached hydrogen (secondary N) is 2. The number of nitrogens with zero attached hydrogens (tertiary/aromatic N) is 1. The number of fused-ring (bicyclic) bond motifs is 1. The van der Waals surface area contributed by atoms with E-state index in [1.807, 2.05) is 23.6 Å². The Hall–Kier alpha value is -4.52. The van der Waals surface area contributed by atoms with Crippen molar-refractivity contribution in [3.63, 3.8) is 0 Å². The molecule has 0 bridgehead atoms. The van der Waals surface area contributed by atoms with Crippen molar-refractivity contribution in [2.24, 2.45) is 5.92 Å². The number of phenolic OH excluding ortho intramolecular Hbond substituents is 1. The third-order valence-electron chi connectivity index (χ3n) is 9.70. The maximum Gasteiger partial charge on any atom is 0.348 e. The number of pyridine rings is 1. The van der Waals surface area contributed by atoms with Gasteiger partial charge in [0.25, 0.3) is 0 Å². The maximum atomic E-state index is 13.7. The Morgan fingerprint density at radius 3 is 2.60 bits per heavy atom. The lowest BCUT2D eigenvalue weighted by Crippen LogP contribution is -2.40. The van der Waals surface area contributed by atoms with Crippen LogP contribution in [0.5, 0.6) is 11.5 Å². The Morgan fingerprint density at radius 1 is 0.981 bits per heavy atom. The van der Waals surface area contributed by atoms with Gasteiger partial charge in [0.05, 0.1) is 29.7 Å². The number of unbranched alkanes of at least 4 members (excludes halogenated alkanes) is 2. The average Bonchev–Trinajstić information content (AvgIpc) is 3.72. The molecule has 1 fully saturated rings. The van der Waals surface area contributed by atoms with E-state index in [1.54, 1.807) is 36.4 Å². The first-order chi connectivity index (χ1) is 25.3. The van der Waals surface area contributed by atoms with Crippen LogP contribution in [0.3, 0.4) is 0 Å². The molecule has 5 N–H and O–H groups in total. The fraction of sp³-hybridized carbons (Fsp3) is 0.366. The molecule has 2 aromatic heterocycles. The molecule has 274 valence electrons. The molecule has 0 radical (unpaired) electrons. The molecule has 1 aliphatic heterocycles. The van der Waals surface area contributed by atoms with Crippen LogP contribution in [0, 0.1) is 5.92 Å². The number of carbonyl (C=O) groups is 1. The van der Waals surface area contributed by atoms with Gasteiger partial charge >= 0.3 is 5.97 Å². The van der Waals surface area contributed by atoms with Crippen molar-refractivity contribution >= 4 is 28.2 Å². The number of phenols is 1. The summed E-state index contributed by atoms with van der Waals surface area (Å²) in [4.78, 5) is 30.9. The number of hydrogen-bond acceptors (Lipinski definition) is 10. The Kier molecular flexibility index (Phi) is 12.8. The summed E-state index contributed by atoms with van der Waals surface area (Å²) >= 11 is 1.31. The fourth-order valence-electron chi connectivity index (χ4n) is 6.72. The maximum absolute atomic E-state index is 13.7. The number of aliphatic hydroxyl groups excluding tert-OH is 1. The number of rotatable bonds is 17. The van der Waals surface area contributed by atoms with E-state index >= 15 is 0 Å². The third-order valence-corrected chi connectivity index (χ3v) is 10.7. The lowest BCUT2D eigenvalue weighted by atomic mass is 9.91. The zero-order valence-corrected chi connectivity index (χ0v) is 30.0. The normalized spacial score (nSPS) is 15.7. The molecule has 2 unspecified atom stereocenters. The summed E-state index contributed by atoms with van der Waals surface area (Å²) in [5.41, 5.74) is 0.381. The van der Waals surface area contributed by atoms with Crippen LogP contribution in [0.1, 0.15) is 59.8 Å². The molecule has 0 spiro atoms. The van der Waals surface area contributed by atoms with Gasteiger partial charge in [-0.05, 0) is 104 Å². The van der Waals surface area contributed by atoms with Crippen LogP contribution in [0.15, 0.2) is 101 Å². The number of H-pyrrole nitrogens is 1. The number of aromatic hydroxyl groups is 1. The van der Waals surface area contributed by atoms with E-state index in [0.717, 1.165) is 51.7 Å². The SMILES string of the molecule is O=C(OCC1CCN(Cc2ccccc2)CC1)C(O)(c1cccc(OCCCCCNCC(O)c2ccc(O)c3[nH]c(=O)ccc23)c1)c1cccs1. The van der Waals surface area contributed by atoms with E-state index in [9.17, 15) is 24.9 Å². The van der Waals surface area contributed by atoms with E-state index in [4.69, 9.17) is 9.47 Å². The molecule has 1 saturated heterocycles. The second-order valence-corrected chi connectivity index (χ2v) is 14.4. The second kappa shape index (κ2) is 17.8. The second-order valence-electron chi connectivity index (χ2n) is 13.4. The molecule has 2 atom stereocenters. The van der Waals surface area contributed by atoms with Gasteiger partial charge < -0.3 is 35.1 Å². The monoisotopic (exact) mass is 725 g/mol. The van der Waals surface area contributed by atoms with Crippen LogP contribution in [-0.2, 0) is 21.7 Å². The molecule has 11 heteroatoms. The smallest absolute Gasteiger partial charge is 0.348 e. The fourth-order valence-corrected chi connectivity index (χ4v) is 7.56. The number of carbonyl (C=O) groups excluding carboxylic acids is 1. The highest BCUT2D eigenvalue weighted by atomic mass is 32.1. The van der Waals surface area contributed by atoms with Gasteiger partial charge in [0.2, 0.25) is 11.2 Å². The van der Waals surface area contributed by atoms with Gasteiger partial charge in [-0.25, -0.2) is 4.79 Å². The molecule has 52 heavy (non-hydrogen) atoms. The topological polar surface area (TPSA) is 144 Å². The number of esters is 1. The number of aromatic amines is 1. The highest BCUT2D eigenvalue weighted by molar-refractivity contribution is 7.10. The number of benzene rings is 3. The van der Waals surface area contributed by atoms with Crippen molar-refractivity contribution in [2.45, 2.75) is 50.4 Å². The molecule has 1 aliphatic rings. The van der Waals surface area contributed by atoms with Crippen molar-refractivity contribution < 1.29 is 29.6 Å². The van der Waals surface area contributed by atoms with Gasteiger partial charge in [-0.15, -0.1) is 11.3 Å². The summed E-state index contributed by atoms with van der Waals surface area (Å²) < 4.78 is 11.9. The van der Waals surface area contributed by atoms with Crippen molar-refractivity contribution in [2.75, 3.05) is 39.4 Å². The largest absolute Gasteiger partial charge is 0.506 e. The van der Waals surface area contributed by atoms with Gasteiger partial charge in [-0.3, -0.25) is 9.69 Å². The van der Waals surface area contributed by atoms with E-state index in [2.05, 4.69) is 39.5 Å². The van der Waals surface area contributed by atoms with Crippen molar-refractivity contribution in [1.82, 2.24) is 15.2 Å². The molecule has 3 heterocycles. The number of thiophene rings is 1. The summed E-state index contributed by atoms with van der Waals surface area (Å²) in [7, 11) is 0. The van der Waals surface area contributed by atoms with E-state index in [1.165, 1.54) is 29.0 Å². The van der Waals surface area contributed by atoms with Gasteiger partial charge in [-0.2, -0.15) is 0 Å². The Labute approximate surface area is 307 Å². The highest BCUT2D eigenvalue weighted by Gasteiger charge is 2.43. The van der Waals surface area contributed by atoms with Gasteiger partial charge in [0, 0.05) is 30.1 Å². The van der Waals surface area contributed by atoms with E-state index < -0.39 is 17.7 Å². The van der Waals surface area contributed by atoms with Crippen molar-refractivity contribution in [3.05, 3.63) is 128 Å². The highest BCUT2D eigenvalue weighted by Crippen LogP contribution is 2.36. The summed E-state index contributed by atoms with van der Waals surface area (Å²) in [5.74, 6) is 0.0916. The number of hydrogen-bond donors (Lipinski definition) is 5. The summed E-state index contributed by atoms with van der Waals surface area (Å²) in [5, 5.41) is 38.5. The van der Waals surface area contributed by atoms with Crippen LogP contribution in [0.2, 0.25) is 0 Å². The molecular weight excluding hydrogens is 679 g/mol. The van der Waals surface area contributed by atoms with Gasteiger partial charge in [0.1, 0.15) is 11.5 Å². The van der Waals surface area contributed by atoms with E-state index in [-0.39, 0.29) is 23.8 Å². The summed E-state index contributed by atoms with van der Waals surface area (Å²) in [6.45, 7) is 4.55. The van der Waals surface area contributed by atoms with Gasteiger partial charge in [-0.1, -0.05) is 54.6 Å². The minimum Gasteiger partial charge on any atom is -0.506 e. The zero-order chi connectivity index (χ0) is 36.3. The van der Waals surface area contributed by atoms with Crippen LogP contribution < -0.4 is 15.6 Å². The number of piperidine rings is 1. The Morgan fingerprint density at radius 2 is 1.81 bits per heavy atom. The molecule has 0 saturated carbocycles. The Balaban J connectivity index is 0.944. The molecular formula is C41H47N3O7S. The first-order valence-electron chi connectivity index (χ1n) is 18.0. The molecule has 6 rings (SSSR count). The number of aromatic nitrogens is 1. The van der Waals surface area contributed by atoms with Crippen molar-refractivity contribution in [3.8, 4) is 11.5 Å². The number of aliphatic hydroxyl groups is 2. The summed E-state index contributed by atoms with van der Waals surface area (Å²) in [6, 6.07) is 27.2. The van der Waals surface area contributed by atoms with Crippen LogP contribution in [-0.4, -0.2) is 70.6 Å². The minimum atomic E-state index is -1.94. The molecule has 3 aromatic carbocycles. The summed E-state index contributed by atoms with van der Waals surface area (Å²) in [6.07, 6.45) is 3.61. The first-order valence-corrected chi connectivity index (χ1v) is 18.9. The molecule has 0 amide bonds. The predicted molar refractivity (Wildman–Crippen MR) is 203 cm³/mol. The minimum absolute atomic E-state index is 0.0388. The van der Waals surface area contributed by atoms with Gasteiger partial charge in [0.15, 0.2) is 0 Å². The standard InChI is InChI=1S/C41H47N3O7S/c45-35-16-14-33(34-15-17-38(47)43-39(34)35)36(46)26-42-20-5-2-6-23-50-32-12-7-11-31(25-32)41(49,37-13-8-24-52-37)40(48)51-28-30-18-21-44(22-19-30)27-29-9-3-1-4-10-29/h1,3-4,7-17,24-25,30,36,42,45-46,49H,2,5-6,18-23,26-28H2,(H,43,47). The zero-order valence-electron chi connectivity index (χ0n) is 29.2. The predicted octanol–water partition coefficient (Wildman–Crippen LogP) is 5.86. The molecule has 10 nitrogen and oxygen atoms in total. The van der Waals surface area contributed by atoms with Crippen LogP contribution in [0.4, 0.5) is 0 Å². The number of ether oxygens (including phenoxy) is 2. The molecule has 5 aromatic rings.